The smallest absolute Gasteiger partial charge is 0.126 e. The van der Waals surface area contributed by atoms with Crippen molar-refractivity contribution in [3.63, 3.8) is 0 Å². The highest BCUT2D eigenvalue weighted by Gasteiger charge is 2.46. The lowest BCUT2D eigenvalue weighted by Crippen LogP contribution is -2.06. The molecule has 0 aliphatic heterocycles. The standard InChI is InChI=1S/C19H16FN/c20-18-9-8-14(13-5-3-6-16(13)18)15-4-1-2-7-17(15)19(12-21)10-11-19/h1-2,4,7-9H,3,5-6,10-11H2. The van der Waals surface area contributed by atoms with Crippen molar-refractivity contribution in [3.8, 4) is 17.2 Å². The Morgan fingerprint density at radius 1 is 0.952 bits per heavy atom. The third-order valence-corrected chi connectivity index (χ3v) is 4.92. The van der Waals surface area contributed by atoms with Crippen LogP contribution < -0.4 is 0 Å². The number of nitriles is 1. The summed E-state index contributed by atoms with van der Waals surface area (Å²) in [4.78, 5) is 0. The molecular weight excluding hydrogens is 261 g/mol. The fourth-order valence-electron chi connectivity index (χ4n) is 3.62. The largest absolute Gasteiger partial charge is 0.207 e. The van der Waals surface area contributed by atoms with Crippen LogP contribution in [-0.2, 0) is 18.3 Å². The van der Waals surface area contributed by atoms with Crippen LogP contribution in [0.4, 0.5) is 4.39 Å². The minimum absolute atomic E-state index is 0.0786. The molecular formula is C19H16FN. The lowest BCUT2D eigenvalue weighted by Gasteiger charge is -2.16. The summed E-state index contributed by atoms with van der Waals surface area (Å²) in [5.41, 5.74) is 5.08. The van der Waals surface area contributed by atoms with Gasteiger partial charge < -0.3 is 0 Å². The maximum absolute atomic E-state index is 13.9. The molecule has 1 fully saturated rings. The molecule has 2 aromatic rings. The molecule has 0 unspecified atom stereocenters. The highest BCUT2D eigenvalue weighted by Crippen LogP contribution is 2.51. The van der Waals surface area contributed by atoms with E-state index < -0.39 is 0 Å². The van der Waals surface area contributed by atoms with E-state index in [1.54, 1.807) is 6.07 Å². The second-order valence-corrected chi connectivity index (χ2v) is 6.15. The van der Waals surface area contributed by atoms with Crippen molar-refractivity contribution in [2.75, 3.05) is 0 Å². The van der Waals surface area contributed by atoms with Gasteiger partial charge in [0.2, 0.25) is 0 Å². The molecule has 2 aliphatic rings. The van der Waals surface area contributed by atoms with Gasteiger partial charge in [0.1, 0.15) is 5.82 Å². The molecule has 0 spiro atoms. The number of fused-ring (bicyclic) bond motifs is 1. The Hall–Kier alpha value is -2.14. The number of hydrogen-bond donors (Lipinski definition) is 0. The zero-order chi connectivity index (χ0) is 14.4. The van der Waals surface area contributed by atoms with Gasteiger partial charge >= 0.3 is 0 Å². The Morgan fingerprint density at radius 2 is 1.71 bits per heavy atom. The first-order chi connectivity index (χ1) is 10.2. The summed E-state index contributed by atoms with van der Waals surface area (Å²) >= 11 is 0. The zero-order valence-corrected chi connectivity index (χ0v) is 11.8. The average molecular weight is 277 g/mol. The highest BCUT2D eigenvalue weighted by molar-refractivity contribution is 5.75. The van der Waals surface area contributed by atoms with Crippen LogP contribution in [0.25, 0.3) is 11.1 Å². The van der Waals surface area contributed by atoms with Gasteiger partial charge in [-0.25, -0.2) is 4.39 Å². The summed E-state index contributed by atoms with van der Waals surface area (Å²) in [6.07, 6.45) is 4.67. The van der Waals surface area contributed by atoms with Crippen LogP contribution in [0.15, 0.2) is 36.4 Å². The van der Waals surface area contributed by atoms with E-state index in [0.29, 0.717) is 0 Å². The van der Waals surface area contributed by atoms with Gasteiger partial charge in [-0.15, -0.1) is 0 Å². The molecule has 1 nitrogen and oxygen atoms in total. The third-order valence-electron chi connectivity index (χ3n) is 4.92. The summed E-state index contributed by atoms with van der Waals surface area (Å²) in [6, 6.07) is 14.1. The predicted octanol–water partition coefficient (Wildman–Crippen LogP) is 4.54. The minimum Gasteiger partial charge on any atom is -0.207 e. The lowest BCUT2D eigenvalue weighted by molar-refractivity contribution is 0.613. The molecule has 21 heavy (non-hydrogen) atoms. The minimum atomic E-state index is -0.309. The summed E-state index contributed by atoms with van der Waals surface area (Å²) in [5, 5.41) is 9.51. The first-order valence-corrected chi connectivity index (χ1v) is 7.56. The molecule has 2 aromatic carbocycles. The van der Waals surface area contributed by atoms with Crippen molar-refractivity contribution in [1.82, 2.24) is 0 Å². The number of benzene rings is 2. The zero-order valence-electron chi connectivity index (χ0n) is 11.8. The van der Waals surface area contributed by atoms with Crippen molar-refractivity contribution in [2.24, 2.45) is 0 Å². The predicted molar refractivity (Wildman–Crippen MR) is 80.4 cm³/mol. The van der Waals surface area contributed by atoms with Crippen LogP contribution in [0.3, 0.4) is 0 Å². The van der Waals surface area contributed by atoms with Crippen LogP contribution in [0.2, 0.25) is 0 Å². The number of hydrogen-bond acceptors (Lipinski definition) is 1. The monoisotopic (exact) mass is 277 g/mol. The van der Waals surface area contributed by atoms with Gasteiger partial charge in [0.25, 0.3) is 0 Å². The molecule has 0 bridgehead atoms. The summed E-state index contributed by atoms with van der Waals surface area (Å²) in [5.74, 6) is -0.0786. The number of halogens is 1. The Bertz CT molecular complexity index is 766. The SMILES string of the molecule is N#CC1(c2ccccc2-c2ccc(F)c3c2CCC3)CC1. The fraction of sp³-hybridized carbons (Fsp3) is 0.316. The third kappa shape index (κ3) is 1.81. The Balaban J connectivity index is 1.94. The van der Waals surface area contributed by atoms with Crippen molar-refractivity contribution in [1.29, 1.82) is 5.26 Å². The second kappa shape index (κ2) is 4.43. The molecule has 0 atom stereocenters. The van der Waals surface area contributed by atoms with Crippen LogP contribution in [0.5, 0.6) is 0 Å². The van der Waals surface area contributed by atoms with Gasteiger partial charge in [-0.2, -0.15) is 5.26 Å². The molecule has 104 valence electrons. The van der Waals surface area contributed by atoms with E-state index in [-0.39, 0.29) is 11.2 Å². The Labute approximate surface area is 124 Å². The molecule has 1 saturated carbocycles. The van der Waals surface area contributed by atoms with Crippen LogP contribution in [0, 0.1) is 17.1 Å². The van der Waals surface area contributed by atoms with Crippen molar-refractivity contribution >= 4 is 0 Å². The van der Waals surface area contributed by atoms with Crippen LogP contribution >= 0.6 is 0 Å². The molecule has 0 saturated heterocycles. The van der Waals surface area contributed by atoms with Crippen LogP contribution in [-0.4, -0.2) is 0 Å². The fourth-order valence-corrected chi connectivity index (χ4v) is 3.62. The summed E-state index contributed by atoms with van der Waals surface area (Å²) in [7, 11) is 0. The average Bonchev–Trinajstić information content (AvgIpc) is 3.16. The van der Waals surface area contributed by atoms with Gasteiger partial charge in [0, 0.05) is 0 Å². The van der Waals surface area contributed by atoms with Gasteiger partial charge in [0.15, 0.2) is 0 Å². The van der Waals surface area contributed by atoms with Gasteiger partial charge in [-0.3, -0.25) is 0 Å². The van der Waals surface area contributed by atoms with Crippen molar-refractivity contribution < 1.29 is 4.39 Å². The van der Waals surface area contributed by atoms with E-state index in [2.05, 4.69) is 18.2 Å². The normalized spacial score (nSPS) is 18.1. The molecule has 0 aromatic heterocycles. The Morgan fingerprint density at radius 3 is 2.48 bits per heavy atom. The number of nitrogens with zero attached hydrogens (tertiary/aromatic N) is 1. The second-order valence-electron chi connectivity index (χ2n) is 6.15. The Kier molecular flexibility index (Phi) is 2.65. The number of rotatable bonds is 2. The quantitative estimate of drug-likeness (QED) is 0.790. The summed E-state index contributed by atoms with van der Waals surface area (Å²) in [6.45, 7) is 0. The maximum atomic E-state index is 13.9. The van der Waals surface area contributed by atoms with Crippen molar-refractivity contribution in [3.05, 3.63) is 58.9 Å². The first-order valence-electron chi connectivity index (χ1n) is 7.56. The maximum Gasteiger partial charge on any atom is 0.126 e. The molecule has 0 amide bonds. The van der Waals surface area contributed by atoms with E-state index in [9.17, 15) is 9.65 Å². The summed E-state index contributed by atoms with van der Waals surface area (Å²) < 4.78 is 13.9. The van der Waals surface area contributed by atoms with Gasteiger partial charge in [-0.1, -0.05) is 30.3 Å². The topological polar surface area (TPSA) is 23.8 Å². The molecule has 2 heteroatoms. The van der Waals surface area contributed by atoms with Gasteiger partial charge in [0.05, 0.1) is 11.5 Å². The highest BCUT2D eigenvalue weighted by atomic mass is 19.1. The van der Waals surface area contributed by atoms with Crippen molar-refractivity contribution in [2.45, 2.75) is 37.5 Å². The van der Waals surface area contributed by atoms with Gasteiger partial charge in [-0.05, 0) is 66.0 Å². The molecule has 0 heterocycles. The molecule has 4 rings (SSSR count). The molecule has 0 N–H and O–H groups in total. The van der Waals surface area contributed by atoms with E-state index >= 15 is 0 Å². The molecule has 2 aliphatic carbocycles. The first kappa shape index (κ1) is 12.6. The van der Waals surface area contributed by atoms with E-state index in [1.807, 2.05) is 18.2 Å². The van der Waals surface area contributed by atoms with E-state index in [1.165, 1.54) is 0 Å². The van der Waals surface area contributed by atoms with E-state index in [4.69, 9.17) is 0 Å². The van der Waals surface area contributed by atoms with E-state index in [0.717, 1.165) is 59.9 Å². The molecule has 0 radical (unpaired) electrons. The van der Waals surface area contributed by atoms with Crippen LogP contribution in [0.1, 0.15) is 36.0 Å². The lowest BCUT2D eigenvalue weighted by atomic mass is 9.86.